The van der Waals surface area contributed by atoms with Crippen LogP contribution in [0, 0.1) is 0 Å². The number of nitrogens with zero attached hydrogens (tertiary/aromatic N) is 1. The summed E-state index contributed by atoms with van der Waals surface area (Å²) < 4.78 is 0. The maximum atomic E-state index is 9.32. The highest BCUT2D eigenvalue weighted by Gasteiger charge is 2.24. The molecule has 0 aromatic heterocycles. The Bertz CT molecular complexity index is 177. The summed E-state index contributed by atoms with van der Waals surface area (Å²) in [6.45, 7) is 10.0. The molecule has 1 fully saturated rings. The second-order valence-corrected chi connectivity index (χ2v) is 4.31. The Balaban J connectivity index is 2.39. The molecular weight excluding hydrogens is 162 g/mol. The first-order valence-electron chi connectivity index (χ1n) is 5.16. The van der Waals surface area contributed by atoms with Gasteiger partial charge in [-0.1, -0.05) is 12.2 Å². The highest BCUT2D eigenvalue weighted by atomic mass is 16.3. The number of aliphatic hydroxyl groups excluding tert-OH is 1. The van der Waals surface area contributed by atoms with Crippen molar-refractivity contribution in [2.24, 2.45) is 0 Å². The fourth-order valence-electron chi connectivity index (χ4n) is 2.11. The molecule has 2 heteroatoms. The van der Waals surface area contributed by atoms with Crippen molar-refractivity contribution in [2.75, 3.05) is 13.1 Å². The van der Waals surface area contributed by atoms with Crippen LogP contribution in [-0.2, 0) is 0 Å². The van der Waals surface area contributed by atoms with E-state index in [2.05, 4.69) is 18.4 Å². The van der Waals surface area contributed by atoms with Crippen LogP contribution in [-0.4, -0.2) is 35.2 Å². The normalized spacial score (nSPS) is 26.2. The summed E-state index contributed by atoms with van der Waals surface area (Å²) in [6.07, 6.45) is 3.24. The van der Waals surface area contributed by atoms with Crippen LogP contribution in [0.2, 0.25) is 0 Å². The maximum absolute atomic E-state index is 9.32. The minimum atomic E-state index is -0.171. The monoisotopic (exact) mass is 183 g/mol. The Morgan fingerprint density at radius 2 is 2.38 bits per heavy atom. The van der Waals surface area contributed by atoms with Crippen molar-refractivity contribution < 1.29 is 5.11 Å². The molecule has 0 bridgehead atoms. The van der Waals surface area contributed by atoms with Crippen molar-refractivity contribution in [3.63, 3.8) is 0 Å². The molecule has 0 aromatic rings. The molecule has 2 unspecified atom stereocenters. The number of likely N-dealkylation sites (tertiary alicyclic amines) is 1. The molecule has 0 amide bonds. The van der Waals surface area contributed by atoms with Gasteiger partial charge in [-0.05, 0) is 39.7 Å². The number of aliphatic hydroxyl groups is 1. The molecule has 1 aliphatic heterocycles. The maximum Gasteiger partial charge on any atom is 0.0527 e. The highest BCUT2D eigenvalue weighted by Crippen LogP contribution is 2.21. The first-order chi connectivity index (χ1) is 6.09. The number of rotatable bonds is 4. The molecule has 0 radical (unpaired) electrons. The molecule has 1 aliphatic rings. The van der Waals surface area contributed by atoms with Gasteiger partial charge >= 0.3 is 0 Å². The summed E-state index contributed by atoms with van der Waals surface area (Å²) in [5.41, 5.74) is 1.22. The van der Waals surface area contributed by atoms with Crippen LogP contribution in [0.25, 0.3) is 0 Å². The summed E-state index contributed by atoms with van der Waals surface area (Å²) in [6, 6.07) is 0.580. The quantitative estimate of drug-likeness (QED) is 0.672. The molecule has 2 atom stereocenters. The number of hydrogen-bond acceptors (Lipinski definition) is 2. The van der Waals surface area contributed by atoms with Gasteiger partial charge in [0.25, 0.3) is 0 Å². The summed E-state index contributed by atoms with van der Waals surface area (Å²) in [4.78, 5) is 2.44. The van der Waals surface area contributed by atoms with Crippen LogP contribution in [0.4, 0.5) is 0 Å². The molecule has 1 rings (SSSR count). The zero-order valence-corrected chi connectivity index (χ0v) is 8.79. The number of hydrogen-bond donors (Lipinski definition) is 1. The lowest BCUT2D eigenvalue weighted by Crippen LogP contribution is -2.33. The van der Waals surface area contributed by atoms with Gasteiger partial charge in [0.1, 0.15) is 0 Å². The van der Waals surface area contributed by atoms with Gasteiger partial charge in [0.05, 0.1) is 6.10 Å². The van der Waals surface area contributed by atoms with E-state index in [1.165, 1.54) is 25.0 Å². The molecule has 1 heterocycles. The van der Waals surface area contributed by atoms with Crippen LogP contribution < -0.4 is 0 Å². The second-order valence-electron chi connectivity index (χ2n) is 4.31. The van der Waals surface area contributed by atoms with Gasteiger partial charge in [-0.3, -0.25) is 4.90 Å². The fourth-order valence-corrected chi connectivity index (χ4v) is 2.11. The van der Waals surface area contributed by atoms with Crippen molar-refractivity contribution in [2.45, 2.75) is 45.3 Å². The smallest absolute Gasteiger partial charge is 0.0527 e. The molecule has 2 nitrogen and oxygen atoms in total. The fraction of sp³-hybridized carbons (Fsp3) is 0.818. The molecule has 76 valence electrons. The van der Waals surface area contributed by atoms with Gasteiger partial charge in [0.2, 0.25) is 0 Å². The van der Waals surface area contributed by atoms with Crippen molar-refractivity contribution in [3.05, 3.63) is 12.2 Å². The zero-order chi connectivity index (χ0) is 9.84. The minimum Gasteiger partial charge on any atom is -0.393 e. The first-order valence-corrected chi connectivity index (χ1v) is 5.16. The predicted octanol–water partition coefficient (Wildman–Crippen LogP) is 1.80. The van der Waals surface area contributed by atoms with E-state index in [1.54, 1.807) is 0 Å². The molecule has 13 heavy (non-hydrogen) atoms. The molecule has 1 N–H and O–H groups in total. The van der Waals surface area contributed by atoms with Gasteiger partial charge in [0.15, 0.2) is 0 Å². The van der Waals surface area contributed by atoms with E-state index in [-0.39, 0.29) is 6.10 Å². The molecule has 0 spiro atoms. The minimum absolute atomic E-state index is 0.171. The second kappa shape index (κ2) is 4.77. The third-order valence-electron chi connectivity index (χ3n) is 2.59. The summed E-state index contributed by atoms with van der Waals surface area (Å²) in [5.74, 6) is 0. The van der Waals surface area contributed by atoms with Crippen molar-refractivity contribution >= 4 is 0 Å². The predicted molar refractivity (Wildman–Crippen MR) is 55.7 cm³/mol. The Labute approximate surface area is 81.2 Å². The van der Waals surface area contributed by atoms with Crippen LogP contribution in [0.15, 0.2) is 12.2 Å². The van der Waals surface area contributed by atoms with E-state index >= 15 is 0 Å². The SMILES string of the molecule is C=C(C)CN1CCCC1CC(C)O. The first kappa shape index (κ1) is 10.7. The van der Waals surface area contributed by atoms with Crippen LogP contribution >= 0.6 is 0 Å². The summed E-state index contributed by atoms with van der Waals surface area (Å²) >= 11 is 0. The van der Waals surface area contributed by atoms with Crippen LogP contribution in [0.1, 0.15) is 33.1 Å². The summed E-state index contributed by atoms with van der Waals surface area (Å²) in [7, 11) is 0. The van der Waals surface area contributed by atoms with E-state index in [4.69, 9.17) is 0 Å². The Hall–Kier alpha value is -0.340. The van der Waals surface area contributed by atoms with Gasteiger partial charge in [-0.15, -0.1) is 0 Å². The lowest BCUT2D eigenvalue weighted by atomic mass is 10.1. The third kappa shape index (κ3) is 3.49. The van der Waals surface area contributed by atoms with Gasteiger partial charge in [0, 0.05) is 12.6 Å². The lowest BCUT2D eigenvalue weighted by Gasteiger charge is -2.25. The van der Waals surface area contributed by atoms with Crippen molar-refractivity contribution in [1.82, 2.24) is 4.90 Å². The molecule has 1 saturated heterocycles. The molecule has 0 saturated carbocycles. The highest BCUT2D eigenvalue weighted by molar-refractivity contribution is 4.95. The Morgan fingerprint density at radius 3 is 2.92 bits per heavy atom. The van der Waals surface area contributed by atoms with Crippen LogP contribution in [0.5, 0.6) is 0 Å². The van der Waals surface area contributed by atoms with Crippen molar-refractivity contribution in [1.29, 1.82) is 0 Å². The molecule has 0 aromatic carbocycles. The van der Waals surface area contributed by atoms with E-state index in [0.29, 0.717) is 6.04 Å². The van der Waals surface area contributed by atoms with Gasteiger partial charge in [-0.25, -0.2) is 0 Å². The molecular formula is C11H21NO. The zero-order valence-electron chi connectivity index (χ0n) is 8.79. The van der Waals surface area contributed by atoms with E-state index in [1.807, 2.05) is 6.92 Å². The van der Waals surface area contributed by atoms with Crippen LogP contribution in [0.3, 0.4) is 0 Å². The topological polar surface area (TPSA) is 23.5 Å². The average molecular weight is 183 g/mol. The molecule has 0 aliphatic carbocycles. The van der Waals surface area contributed by atoms with E-state index in [0.717, 1.165) is 13.0 Å². The van der Waals surface area contributed by atoms with E-state index in [9.17, 15) is 5.11 Å². The van der Waals surface area contributed by atoms with E-state index < -0.39 is 0 Å². The average Bonchev–Trinajstić information content (AvgIpc) is 2.34. The Morgan fingerprint density at radius 1 is 1.69 bits per heavy atom. The third-order valence-corrected chi connectivity index (χ3v) is 2.59. The largest absolute Gasteiger partial charge is 0.393 e. The lowest BCUT2D eigenvalue weighted by molar-refractivity contribution is 0.138. The van der Waals surface area contributed by atoms with Gasteiger partial charge in [-0.2, -0.15) is 0 Å². The Kier molecular flexibility index (Phi) is 3.94. The summed E-state index contributed by atoms with van der Waals surface area (Å²) in [5, 5.41) is 9.32. The van der Waals surface area contributed by atoms with Crippen molar-refractivity contribution in [3.8, 4) is 0 Å². The standard InChI is InChI=1S/C11H21NO/c1-9(2)8-12-6-4-5-11(12)7-10(3)13/h10-11,13H,1,4-8H2,2-3H3. The van der Waals surface area contributed by atoms with Gasteiger partial charge < -0.3 is 5.11 Å².